The maximum Gasteiger partial charge on any atom is 0.242 e. The van der Waals surface area contributed by atoms with Crippen LogP contribution in [-0.2, 0) is 23.1 Å². The third-order valence-electron chi connectivity index (χ3n) is 3.29. The number of aryl methyl sites for hydroxylation is 1. The van der Waals surface area contributed by atoms with Crippen LogP contribution in [0.4, 0.5) is 0 Å². The molecule has 0 aliphatic rings. The summed E-state index contributed by atoms with van der Waals surface area (Å²) in [6.07, 6.45) is 2.61. The van der Waals surface area contributed by atoms with Crippen molar-refractivity contribution in [2.45, 2.75) is 58.1 Å². The molecule has 1 rings (SSSR count). The molecule has 0 saturated heterocycles. The highest BCUT2D eigenvalue weighted by molar-refractivity contribution is 7.89. The molecule has 1 aromatic rings. The van der Waals surface area contributed by atoms with Gasteiger partial charge in [0.2, 0.25) is 10.0 Å². The molecule has 19 heavy (non-hydrogen) atoms. The zero-order chi connectivity index (χ0) is 14.6. The van der Waals surface area contributed by atoms with Gasteiger partial charge in [0.25, 0.3) is 0 Å². The van der Waals surface area contributed by atoms with Gasteiger partial charge in [-0.1, -0.05) is 20.8 Å². The quantitative estimate of drug-likeness (QED) is 0.801. The molecule has 1 heterocycles. The smallest absolute Gasteiger partial charge is 0.242 e. The SMILES string of the molecule is CCCn1cc(S(=O)(=O)NC(C)C(C)C)cc1CN. The lowest BCUT2D eigenvalue weighted by Gasteiger charge is -2.16. The van der Waals surface area contributed by atoms with Crippen LogP contribution in [0.15, 0.2) is 17.2 Å². The third-order valence-corrected chi connectivity index (χ3v) is 4.81. The number of nitrogens with two attached hydrogens (primary N) is 1. The highest BCUT2D eigenvalue weighted by Crippen LogP contribution is 2.16. The maximum atomic E-state index is 12.3. The second-order valence-corrected chi connectivity index (χ2v) is 6.93. The van der Waals surface area contributed by atoms with Gasteiger partial charge < -0.3 is 10.3 Å². The molecule has 0 bridgehead atoms. The topological polar surface area (TPSA) is 77.1 Å². The molecule has 0 saturated carbocycles. The number of nitrogens with one attached hydrogen (secondary N) is 1. The first-order valence-corrected chi connectivity index (χ1v) is 8.21. The molecular weight excluding hydrogens is 262 g/mol. The van der Waals surface area contributed by atoms with E-state index in [2.05, 4.69) is 4.72 Å². The average Bonchev–Trinajstić information content (AvgIpc) is 2.73. The van der Waals surface area contributed by atoms with Gasteiger partial charge in [0.15, 0.2) is 0 Å². The summed E-state index contributed by atoms with van der Waals surface area (Å²) < 4.78 is 29.1. The van der Waals surface area contributed by atoms with E-state index in [1.165, 1.54) is 0 Å². The molecule has 0 radical (unpaired) electrons. The summed E-state index contributed by atoms with van der Waals surface area (Å²) in [5.41, 5.74) is 6.50. The average molecular weight is 287 g/mol. The Morgan fingerprint density at radius 3 is 2.47 bits per heavy atom. The van der Waals surface area contributed by atoms with Crippen LogP contribution in [0.3, 0.4) is 0 Å². The molecule has 110 valence electrons. The zero-order valence-corrected chi connectivity index (χ0v) is 13.0. The van der Waals surface area contributed by atoms with Crippen molar-refractivity contribution in [2.75, 3.05) is 0 Å². The Bertz CT molecular complexity index is 506. The second kappa shape index (κ2) is 6.54. The summed E-state index contributed by atoms with van der Waals surface area (Å²) in [4.78, 5) is 0.300. The summed E-state index contributed by atoms with van der Waals surface area (Å²) in [5, 5.41) is 0. The van der Waals surface area contributed by atoms with Crippen LogP contribution in [-0.4, -0.2) is 19.0 Å². The van der Waals surface area contributed by atoms with E-state index in [4.69, 9.17) is 5.73 Å². The van der Waals surface area contributed by atoms with E-state index < -0.39 is 10.0 Å². The van der Waals surface area contributed by atoms with Crippen LogP contribution in [0.25, 0.3) is 0 Å². The first kappa shape index (κ1) is 16.2. The van der Waals surface area contributed by atoms with Crippen molar-refractivity contribution in [1.29, 1.82) is 0 Å². The Balaban J connectivity index is 3.01. The standard InChI is InChI=1S/C13H25N3O2S/c1-5-6-16-9-13(7-12(16)8-14)19(17,18)15-11(4)10(2)3/h7,9-11,15H,5-6,8,14H2,1-4H3. The minimum atomic E-state index is -3.46. The number of sulfonamides is 1. The molecule has 0 aromatic carbocycles. The minimum Gasteiger partial charge on any atom is -0.349 e. The summed E-state index contributed by atoms with van der Waals surface area (Å²) in [5.74, 6) is 0.251. The van der Waals surface area contributed by atoms with Gasteiger partial charge in [-0.2, -0.15) is 0 Å². The monoisotopic (exact) mass is 287 g/mol. The fourth-order valence-electron chi connectivity index (χ4n) is 1.74. The lowest BCUT2D eigenvalue weighted by Crippen LogP contribution is -2.35. The summed E-state index contributed by atoms with van der Waals surface area (Å²) in [6.45, 7) is 9.02. The van der Waals surface area contributed by atoms with Gasteiger partial charge in [0.05, 0.1) is 4.90 Å². The summed E-state index contributed by atoms with van der Waals surface area (Å²) in [7, 11) is -3.46. The number of aromatic nitrogens is 1. The normalized spacial score (nSPS) is 14.0. The van der Waals surface area contributed by atoms with Crippen molar-refractivity contribution in [3.8, 4) is 0 Å². The fourth-order valence-corrected chi connectivity index (χ4v) is 3.20. The summed E-state index contributed by atoms with van der Waals surface area (Å²) >= 11 is 0. The number of hydrogen-bond donors (Lipinski definition) is 2. The molecule has 0 aliphatic heterocycles. The number of rotatable bonds is 7. The van der Waals surface area contributed by atoms with Gasteiger partial charge in [-0.15, -0.1) is 0 Å². The Morgan fingerprint density at radius 2 is 2.00 bits per heavy atom. The predicted molar refractivity (Wildman–Crippen MR) is 77.2 cm³/mol. The van der Waals surface area contributed by atoms with Gasteiger partial charge >= 0.3 is 0 Å². The maximum absolute atomic E-state index is 12.3. The Kier molecular flexibility index (Phi) is 5.58. The van der Waals surface area contributed by atoms with Crippen LogP contribution >= 0.6 is 0 Å². The van der Waals surface area contributed by atoms with Crippen molar-refractivity contribution < 1.29 is 8.42 Å². The molecule has 1 atom stereocenters. The highest BCUT2D eigenvalue weighted by atomic mass is 32.2. The lowest BCUT2D eigenvalue weighted by atomic mass is 10.1. The van der Waals surface area contributed by atoms with Gasteiger partial charge in [0, 0.05) is 31.0 Å². The Labute approximate surface area is 116 Å². The molecule has 1 unspecified atom stereocenters. The van der Waals surface area contributed by atoms with Crippen molar-refractivity contribution in [3.63, 3.8) is 0 Å². The van der Waals surface area contributed by atoms with Gasteiger partial charge in [-0.25, -0.2) is 13.1 Å². The van der Waals surface area contributed by atoms with Gasteiger partial charge in [0.1, 0.15) is 0 Å². The fraction of sp³-hybridized carbons (Fsp3) is 0.692. The Morgan fingerprint density at radius 1 is 1.37 bits per heavy atom. The van der Waals surface area contributed by atoms with E-state index in [1.807, 2.05) is 32.3 Å². The van der Waals surface area contributed by atoms with E-state index in [1.54, 1.807) is 12.3 Å². The van der Waals surface area contributed by atoms with Crippen molar-refractivity contribution >= 4 is 10.0 Å². The largest absolute Gasteiger partial charge is 0.349 e. The first-order valence-electron chi connectivity index (χ1n) is 6.73. The van der Waals surface area contributed by atoms with E-state index in [0.29, 0.717) is 11.4 Å². The summed E-state index contributed by atoms with van der Waals surface area (Å²) in [6, 6.07) is 1.56. The number of nitrogens with zero attached hydrogens (tertiary/aromatic N) is 1. The second-order valence-electron chi connectivity index (χ2n) is 5.22. The predicted octanol–water partition coefficient (Wildman–Crippen LogP) is 1.68. The molecule has 1 aromatic heterocycles. The third kappa shape index (κ3) is 4.06. The van der Waals surface area contributed by atoms with Crippen LogP contribution in [0.2, 0.25) is 0 Å². The van der Waals surface area contributed by atoms with E-state index in [-0.39, 0.29) is 12.0 Å². The van der Waals surface area contributed by atoms with Crippen LogP contribution < -0.4 is 10.5 Å². The highest BCUT2D eigenvalue weighted by Gasteiger charge is 2.21. The van der Waals surface area contributed by atoms with Crippen LogP contribution in [0.1, 0.15) is 39.8 Å². The van der Waals surface area contributed by atoms with Crippen LogP contribution in [0.5, 0.6) is 0 Å². The van der Waals surface area contributed by atoms with Crippen molar-refractivity contribution in [3.05, 3.63) is 18.0 Å². The molecule has 0 amide bonds. The zero-order valence-electron chi connectivity index (χ0n) is 12.2. The van der Waals surface area contributed by atoms with Gasteiger partial charge in [-0.3, -0.25) is 0 Å². The number of hydrogen-bond acceptors (Lipinski definition) is 3. The van der Waals surface area contributed by atoms with E-state index in [0.717, 1.165) is 18.7 Å². The molecule has 3 N–H and O–H groups in total. The first-order chi connectivity index (χ1) is 8.81. The Hall–Kier alpha value is -0.850. The van der Waals surface area contributed by atoms with E-state index in [9.17, 15) is 8.42 Å². The van der Waals surface area contributed by atoms with Gasteiger partial charge in [-0.05, 0) is 25.3 Å². The molecule has 0 spiro atoms. The van der Waals surface area contributed by atoms with Crippen molar-refractivity contribution in [2.24, 2.45) is 11.7 Å². The van der Waals surface area contributed by atoms with Crippen molar-refractivity contribution in [1.82, 2.24) is 9.29 Å². The molecule has 5 nitrogen and oxygen atoms in total. The van der Waals surface area contributed by atoms with Crippen LogP contribution in [0, 0.1) is 5.92 Å². The molecular formula is C13H25N3O2S. The molecule has 6 heteroatoms. The molecule has 0 fully saturated rings. The lowest BCUT2D eigenvalue weighted by molar-refractivity contribution is 0.476. The minimum absolute atomic E-state index is 0.0964. The molecule has 0 aliphatic carbocycles. The van der Waals surface area contributed by atoms with E-state index >= 15 is 0 Å².